The summed E-state index contributed by atoms with van der Waals surface area (Å²) in [7, 11) is 3.22. The van der Waals surface area contributed by atoms with E-state index in [9.17, 15) is 0 Å². The number of nitrogen functional groups attached to an aromatic ring is 1. The van der Waals surface area contributed by atoms with E-state index < -0.39 is 0 Å². The molecule has 0 unspecified atom stereocenters. The molecule has 1 aromatic heterocycles. The molecule has 0 aliphatic rings. The van der Waals surface area contributed by atoms with Crippen molar-refractivity contribution in [2.45, 2.75) is 19.8 Å². The Labute approximate surface area is 124 Å². The first-order chi connectivity index (χ1) is 10.0. The van der Waals surface area contributed by atoms with Crippen LogP contribution in [0.15, 0.2) is 24.5 Å². The largest absolute Gasteiger partial charge is 0.497 e. The molecule has 0 saturated heterocycles. The lowest BCUT2D eigenvalue weighted by Gasteiger charge is -2.16. The monoisotopic (exact) mass is 288 g/mol. The molecule has 0 atom stereocenters. The standard InChI is InChI=1S/C15H20N4O2/c1-9(2)13-14(16)17-8-18-15(13)19-10-5-11(20-3)7-12(6-10)21-4/h5-9H,1-4H3,(H3,16,17,18,19). The summed E-state index contributed by atoms with van der Waals surface area (Å²) in [6.07, 6.45) is 1.45. The van der Waals surface area contributed by atoms with Crippen molar-refractivity contribution in [1.82, 2.24) is 9.97 Å². The zero-order valence-corrected chi connectivity index (χ0v) is 12.7. The number of benzene rings is 1. The molecule has 0 saturated carbocycles. The normalized spacial score (nSPS) is 10.5. The predicted octanol–water partition coefficient (Wildman–Crippen LogP) is 2.94. The molecule has 0 spiro atoms. The first-order valence-electron chi connectivity index (χ1n) is 6.65. The molecular formula is C15H20N4O2. The van der Waals surface area contributed by atoms with E-state index >= 15 is 0 Å². The predicted molar refractivity (Wildman–Crippen MR) is 83.4 cm³/mol. The lowest BCUT2D eigenvalue weighted by Crippen LogP contribution is -2.06. The Morgan fingerprint density at radius 1 is 1.05 bits per heavy atom. The lowest BCUT2D eigenvalue weighted by atomic mass is 10.0. The first kappa shape index (κ1) is 14.9. The fourth-order valence-corrected chi connectivity index (χ4v) is 2.09. The molecule has 0 aliphatic heterocycles. The van der Waals surface area contributed by atoms with Gasteiger partial charge in [-0.2, -0.15) is 0 Å². The summed E-state index contributed by atoms with van der Waals surface area (Å²) in [5.41, 5.74) is 7.65. The lowest BCUT2D eigenvalue weighted by molar-refractivity contribution is 0.395. The van der Waals surface area contributed by atoms with Gasteiger partial charge in [0.15, 0.2) is 0 Å². The molecule has 21 heavy (non-hydrogen) atoms. The minimum atomic E-state index is 0.209. The van der Waals surface area contributed by atoms with Crippen LogP contribution >= 0.6 is 0 Å². The van der Waals surface area contributed by atoms with Crippen LogP contribution in [0.1, 0.15) is 25.3 Å². The molecule has 0 bridgehead atoms. The van der Waals surface area contributed by atoms with E-state index in [4.69, 9.17) is 15.2 Å². The van der Waals surface area contributed by atoms with Gasteiger partial charge >= 0.3 is 0 Å². The number of nitrogens with one attached hydrogen (secondary N) is 1. The number of anilines is 3. The van der Waals surface area contributed by atoms with E-state index in [0.29, 0.717) is 23.1 Å². The number of hydrogen-bond donors (Lipinski definition) is 2. The third kappa shape index (κ3) is 3.34. The SMILES string of the molecule is COc1cc(Nc2ncnc(N)c2C(C)C)cc(OC)c1. The maximum Gasteiger partial charge on any atom is 0.139 e. The van der Waals surface area contributed by atoms with Gasteiger partial charge in [-0.1, -0.05) is 13.8 Å². The minimum absolute atomic E-state index is 0.209. The summed E-state index contributed by atoms with van der Waals surface area (Å²) >= 11 is 0. The van der Waals surface area contributed by atoms with Gasteiger partial charge in [0.1, 0.15) is 29.5 Å². The summed E-state index contributed by atoms with van der Waals surface area (Å²) < 4.78 is 10.5. The summed E-state index contributed by atoms with van der Waals surface area (Å²) in [5, 5.41) is 3.25. The molecule has 0 radical (unpaired) electrons. The van der Waals surface area contributed by atoms with Crippen molar-refractivity contribution in [1.29, 1.82) is 0 Å². The van der Waals surface area contributed by atoms with E-state index in [1.807, 2.05) is 32.0 Å². The van der Waals surface area contributed by atoms with Crippen LogP contribution in [0.3, 0.4) is 0 Å². The highest BCUT2D eigenvalue weighted by Gasteiger charge is 2.13. The van der Waals surface area contributed by atoms with Crippen LogP contribution in [0.4, 0.5) is 17.3 Å². The maximum atomic E-state index is 5.95. The van der Waals surface area contributed by atoms with Gasteiger partial charge in [-0.25, -0.2) is 9.97 Å². The fraction of sp³-hybridized carbons (Fsp3) is 0.333. The molecule has 0 amide bonds. The Morgan fingerprint density at radius 3 is 2.19 bits per heavy atom. The summed E-state index contributed by atoms with van der Waals surface area (Å²) in [6, 6.07) is 5.54. The second-order valence-corrected chi connectivity index (χ2v) is 4.90. The molecule has 3 N–H and O–H groups in total. The number of nitrogens with zero attached hydrogens (tertiary/aromatic N) is 2. The Kier molecular flexibility index (Phi) is 4.47. The van der Waals surface area contributed by atoms with Crippen LogP contribution in [0.25, 0.3) is 0 Å². The van der Waals surface area contributed by atoms with Gasteiger partial charge in [-0.05, 0) is 5.92 Å². The second kappa shape index (κ2) is 6.30. The number of aromatic nitrogens is 2. The van der Waals surface area contributed by atoms with Gasteiger partial charge < -0.3 is 20.5 Å². The Balaban J connectivity index is 2.40. The average Bonchev–Trinajstić information content (AvgIpc) is 2.46. The highest BCUT2D eigenvalue weighted by Crippen LogP contribution is 2.31. The third-order valence-corrected chi connectivity index (χ3v) is 3.11. The minimum Gasteiger partial charge on any atom is -0.497 e. The fourth-order valence-electron chi connectivity index (χ4n) is 2.09. The topological polar surface area (TPSA) is 82.3 Å². The Hall–Kier alpha value is -2.50. The number of ether oxygens (including phenoxy) is 2. The van der Waals surface area contributed by atoms with Crippen LogP contribution in [0.5, 0.6) is 11.5 Å². The van der Waals surface area contributed by atoms with Gasteiger partial charge in [0, 0.05) is 29.4 Å². The zero-order valence-electron chi connectivity index (χ0n) is 12.7. The van der Waals surface area contributed by atoms with E-state index in [2.05, 4.69) is 15.3 Å². The van der Waals surface area contributed by atoms with Crippen LogP contribution < -0.4 is 20.5 Å². The molecule has 1 aromatic carbocycles. The van der Waals surface area contributed by atoms with Gasteiger partial charge in [-0.3, -0.25) is 0 Å². The number of hydrogen-bond acceptors (Lipinski definition) is 6. The van der Waals surface area contributed by atoms with E-state index in [-0.39, 0.29) is 5.92 Å². The molecule has 0 fully saturated rings. The zero-order chi connectivity index (χ0) is 15.4. The second-order valence-electron chi connectivity index (χ2n) is 4.90. The smallest absolute Gasteiger partial charge is 0.139 e. The number of nitrogens with two attached hydrogens (primary N) is 1. The van der Waals surface area contributed by atoms with Gasteiger partial charge in [-0.15, -0.1) is 0 Å². The Bertz CT molecular complexity index is 607. The average molecular weight is 288 g/mol. The molecule has 6 nitrogen and oxygen atoms in total. The van der Waals surface area contributed by atoms with Crippen molar-refractivity contribution in [2.24, 2.45) is 0 Å². The molecule has 0 aliphatic carbocycles. The molecule has 2 aromatic rings. The molecular weight excluding hydrogens is 268 g/mol. The first-order valence-corrected chi connectivity index (χ1v) is 6.65. The Morgan fingerprint density at radius 2 is 1.67 bits per heavy atom. The van der Waals surface area contributed by atoms with Crippen LogP contribution in [0.2, 0.25) is 0 Å². The summed E-state index contributed by atoms with van der Waals surface area (Å²) in [5.74, 6) is 2.78. The quantitative estimate of drug-likeness (QED) is 0.880. The molecule has 1 heterocycles. The molecule has 6 heteroatoms. The van der Waals surface area contributed by atoms with Crippen LogP contribution in [0, 0.1) is 0 Å². The van der Waals surface area contributed by atoms with E-state index in [1.165, 1.54) is 6.33 Å². The van der Waals surface area contributed by atoms with Gasteiger partial charge in [0.05, 0.1) is 14.2 Å². The summed E-state index contributed by atoms with van der Waals surface area (Å²) in [4.78, 5) is 8.33. The van der Waals surface area contributed by atoms with Crippen molar-refractivity contribution in [3.8, 4) is 11.5 Å². The van der Waals surface area contributed by atoms with Crippen molar-refractivity contribution >= 4 is 17.3 Å². The van der Waals surface area contributed by atoms with E-state index in [0.717, 1.165) is 11.3 Å². The van der Waals surface area contributed by atoms with Crippen LogP contribution in [-0.4, -0.2) is 24.2 Å². The van der Waals surface area contributed by atoms with Crippen LogP contribution in [-0.2, 0) is 0 Å². The highest BCUT2D eigenvalue weighted by molar-refractivity contribution is 5.67. The maximum absolute atomic E-state index is 5.95. The highest BCUT2D eigenvalue weighted by atomic mass is 16.5. The van der Waals surface area contributed by atoms with Crippen molar-refractivity contribution in [3.05, 3.63) is 30.1 Å². The van der Waals surface area contributed by atoms with Crippen molar-refractivity contribution in [2.75, 3.05) is 25.3 Å². The van der Waals surface area contributed by atoms with Gasteiger partial charge in [0.25, 0.3) is 0 Å². The molecule has 112 valence electrons. The number of rotatable bonds is 5. The van der Waals surface area contributed by atoms with Crippen molar-refractivity contribution in [3.63, 3.8) is 0 Å². The molecule has 2 rings (SSSR count). The third-order valence-electron chi connectivity index (χ3n) is 3.11. The number of methoxy groups -OCH3 is 2. The summed E-state index contributed by atoms with van der Waals surface area (Å²) in [6.45, 7) is 4.10. The van der Waals surface area contributed by atoms with Gasteiger partial charge in [0.2, 0.25) is 0 Å². The van der Waals surface area contributed by atoms with E-state index in [1.54, 1.807) is 14.2 Å². The van der Waals surface area contributed by atoms with Crippen molar-refractivity contribution < 1.29 is 9.47 Å².